The maximum Gasteiger partial charge on any atom is 0.211 e. The van der Waals surface area contributed by atoms with Crippen molar-refractivity contribution in [3.63, 3.8) is 0 Å². The molecule has 0 unspecified atom stereocenters. The highest BCUT2D eigenvalue weighted by Crippen LogP contribution is 2.19. The first-order valence-electron chi connectivity index (χ1n) is 6.79. The molecule has 0 heterocycles. The van der Waals surface area contributed by atoms with E-state index in [2.05, 4.69) is 4.72 Å². The van der Waals surface area contributed by atoms with Crippen LogP contribution in [0.4, 0.5) is 0 Å². The second-order valence-electron chi connectivity index (χ2n) is 4.74. The quantitative estimate of drug-likeness (QED) is 0.525. The van der Waals surface area contributed by atoms with Gasteiger partial charge in [0.1, 0.15) is 0 Å². The fourth-order valence-electron chi connectivity index (χ4n) is 2.11. The summed E-state index contributed by atoms with van der Waals surface area (Å²) in [5, 5.41) is 0. The standard InChI is InChI=1S/C12H24ClNO3S/c13-8-4-5-11-18(15,16)14-9-10-17-12-6-2-1-3-7-12/h12,14H,1-11H2. The van der Waals surface area contributed by atoms with Crippen LogP contribution in [-0.2, 0) is 14.8 Å². The van der Waals surface area contributed by atoms with E-state index >= 15 is 0 Å². The lowest BCUT2D eigenvalue weighted by Crippen LogP contribution is -2.31. The minimum atomic E-state index is -3.15. The molecule has 0 spiro atoms. The molecule has 0 aromatic rings. The number of sulfonamides is 1. The molecule has 1 saturated carbocycles. The van der Waals surface area contributed by atoms with Crippen molar-refractivity contribution in [1.82, 2.24) is 4.72 Å². The summed E-state index contributed by atoms with van der Waals surface area (Å²) in [7, 11) is -3.15. The number of hydrogen-bond donors (Lipinski definition) is 1. The molecule has 0 radical (unpaired) electrons. The van der Waals surface area contributed by atoms with E-state index in [0.29, 0.717) is 31.6 Å². The van der Waals surface area contributed by atoms with E-state index < -0.39 is 10.0 Å². The summed E-state index contributed by atoms with van der Waals surface area (Å²) in [4.78, 5) is 0. The maximum absolute atomic E-state index is 11.5. The topological polar surface area (TPSA) is 55.4 Å². The molecule has 0 amide bonds. The van der Waals surface area contributed by atoms with E-state index in [4.69, 9.17) is 16.3 Å². The normalized spacial score (nSPS) is 18.1. The van der Waals surface area contributed by atoms with E-state index in [1.54, 1.807) is 0 Å². The molecular weight excluding hydrogens is 274 g/mol. The van der Waals surface area contributed by atoms with Crippen LogP contribution >= 0.6 is 11.6 Å². The van der Waals surface area contributed by atoms with Gasteiger partial charge < -0.3 is 4.74 Å². The zero-order valence-corrected chi connectivity index (χ0v) is 12.4. The predicted octanol–water partition coefficient (Wildman–Crippen LogP) is 2.27. The Bertz CT molecular complexity index is 302. The van der Waals surface area contributed by atoms with Crippen LogP contribution in [0.25, 0.3) is 0 Å². The fourth-order valence-corrected chi connectivity index (χ4v) is 3.43. The van der Waals surface area contributed by atoms with Crippen molar-refractivity contribution in [2.45, 2.75) is 51.0 Å². The molecule has 0 atom stereocenters. The minimum Gasteiger partial charge on any atom is -0.377 e. The molecule has 18 heavy (non-hydrogen) atoms. The van der Waals surface area contributed by atoms with E-state index in [0.717, 1.165) is 19.3 Å². The number of halogens is 1. The Morgan fingerprint density at radius 2 is 1.89 bits per heavy atom. The zero-order chi connectivity index (χ0) is 13.3. The van der Waals surface area contributed by atoms with Crippen LogP contribution < -0.4 is 4.72 Å². The Balaban J connectivity index is 2.05. The van der Waals surface area contributed by atoms with Gasteiger partial charge in [-0.05, 0) is 25.7 Å². The molecule has 0 aromatic carbocycles. The number of nitrogens with one attached hydrogen (secondary N) is 1. The van der Waals surface area contributed by atoms with Crippen molar-refractivity contribution in [1.29, 1.82) is 0 Å². The van der Waals surface area contributed by atoms with Crippen LogP contribution in [0.3, 0.4) is 0 Å². The van der Waals surface area contributed by atoms with Gasteiger partial charge in [0.15, 0.2) is 0 Å². The summed E-state index contributed by atoms with van der Waals surface area (Å²) in [5.74, 6) is 0.670. The highest BCUT2D eigenvalue weighted by Gasteiger charge is 2.14. The van der Waals surface area contributed by atoms with Gasteiger partial charge in [0, 0.05) is 12.4 Å². The highest BCUT2D eigenvalue weighted by molar-refractivity contribution is 7.89. The third-order valence-corrected chi connectivity index (χ3v) is 4.86. The number of unbranched alkanes of at least 4 members (excludes halogenated alkanes) is 1. The number of rotatable bonds is 9. The lowest BCUT2D eigenvalue weighted by molar-refractivity contribution is 0.0321. The molecular formula is C12H24ClNO3S. The van der Waals surface area contributed by atoms with Gasteiger partial charge in [-0.25, -0.2) is 13.1 Å². The van der Waals surface area contributed by atoms with Gasteiger partial charge in [-0.15, -0.1) is 11.6 Å². The second-order valence-corrected chi connectivity index (χ2v) is 7.04. The molecule has 1 aliphatic carbocycles. The van der Waals surface area contributed by atoms with Crippen LogP contribution in [0.5, 0.6) is 0 Å². The van der Waals surface area contributed by atoms with Crippen molar-refractivity contribution >= 4 is 21.6 Å². The van der Waals surface area contributed by atoms with Crippen LogP contribution in [0.15, 0.2) is 0 Å². The van der Waals surface area contributed by atoms with E-state index in [9.17, 15) is 8.42 Å². The first kappa shape index (κ1) is 16.2. The van der Waals surface area contributed by atoms with Crippen molar-refractivity contribution in [2.75, 3.05) is 24.8 Å². The molecule has 1 aliphatic rings. The molecule has 0 aliphatic heterocycles. The van der Waals surface area contributed by atoms with Crippen LogP contribution in [0, 0.1) is 0 Å². The molecule has 4 nitrogen and oxygen atoms in total. The van der Waals surface area contributed by atoms with Gasteiger partial charge in [0.2, 0.25) is 10.0 Å². The molecule has 0 aromatic heterocycles. The smallest absolute Gasteiger partial charge is 0.211 e. The Hall–Kier alpha value is 0.160. The SMILES string of the molecule is O=S(=O)(CCCCCl)NCCOC1CCCCC1. The average Bonchev–Trinajstić information content (AvgIpc) is 2.36. The monoisotopic (exact) mass is 297 g/mol. The van der Waals surface area contributed by atoms with Crippen molar-refractivity contribution in [2.24, 2.45) is 0 Å². The predicted molar refractivity (Wildman–Crippen MR) is 74.6 cm³/mol. The Morgan fingerprint density at radius 1 is 1.17 bits per heavy atom. The first-order valence-corrected chi connectivity index (χ1v) is 8.97. The van der Waals surface area contributed by atoms with Crippen LogP contribution in [0.1, 0.15) is 44.9 Å². The van der Waals surface area contributed by atoms with E-state index in [-0.39, 0.29) is 5.75 Å². The van der Waals surface area contributed by atoms with Gasteiger partial charge in [0.05, 0.1) is 18.5 Å². The highest BCUT2D eigenvalue weighted by atomic mass is 35.5. The molecule has 0 bridgehead atoms. The summed E-state index contributed by atoms with van der Waals surface area (Å²) in [6, 6.07) is 0. The molecule has 6 heteroatoms. The van der Waals surface area contributed by atoms with Gasteiger partial charge in [0.25, 0.3) is 0 Å². The molecule has 1 N–H and O–H groups in total. The maximum atomic E-state index is 11.5. The number of hydrogen-bond acceptors (Lipinski definition) is 3. The zero-order valence-electron chi connectivity index (χ0n) is 10.9. The van der Waals surface area contributed by atoms with Crippen LogP contribution in [-0.4, -0.2) is 39.3 Å². The van der Waals surface area contributed by atoms with Gasteiger partial charge in [-0.3, -0.25) is 0 Å². The summed E-state index contributed by atoms with van der Waals surface area (Å²) in [6.45, 7) is 0.846. The third-order valence-electron chi connectivity index (χ3n) is 3.13. The summed E-state index contributed by atoms with van der Waals surface area (Å²) in [5.41, 5.74) is 0. The summed E-state index contributed by atoms with van der Waals surface area (Å²) in [6.07, 6.45) is 7.67. The fraction of sp³-hybridized carbons (Fsp3) is 1.00. The van der Waals surface area contributed by atoms with Gasteiger partial charge in [-0.1, -0.05) is 19.3 Å². The molecule has 1 fully saturated rings. The second kappa shape index (κ2) is 9.13. The van der Waals surface area contributed by atoms with Crippen molar-refractivity contribution < 1.29 is 13.2 Å². The Labute approximate surface area is 115 Å². The summed E-state index contributed by atoms with van der Waals surface area (Å²) >= 11 is 5.51. The third kappa shape index (κ3) is 7.56. The van der Waals surface area contributed by atoms with Crippen molar-refractivity contribution in [3.8, 4) is 0 Å². The number of alkyl halides is 1. The summed E-state index contributed by atoms with van der Waals surface area (Å²) < 4.78 is 31.3. The van der Waals surface area contributed by atoms with Gasteiger partial charge >= 0.3 is 0 Å². The number of ether oxygens (including phenoxy) is 1. The lowest BCUT2D eigenvalue weighted by Gasteiger charge is -2.21. The largest absolute Gasteiger partial charge is 0.377 e. The molecule has 108 valence electrons. The molecule has 0 saturated heterocycles. The Morgan fingerprint density at radius 3 is 2.56 bits per heavy atom. The van der Waals surface area contributed by atoms with Crippen LogP contribution in [0.2, 0.25) is 0 Å². The average molecular weight is 298 g/mol. The van der Waals surface area contributed by atoms with Crippen molar-refractivity contribution in [3.05, 3.63) is 0 Å². The Kier molecular flexibility index (Phi) is 8.22. The van der Waals surface area contributed by atoms with E-state index in [1.807, 2.05) is 0 Å². The minimum absolute atomic E-state index is 0.156. The lowest BCUT2D eigenvalue weighted by atomic mass is 9.98. The first-order chi connectivity index (χ1) is 8.64. The van der Waals surface area contributed by atoms with Gasteiger partial charge in [-0.2, -0.15) is 0 Å². The van der Waals surface area contributed by atoms with E-state index in [1.165, 1.54) is 19.3 Å². The molecule has 1 rings (SSSR count).